The Morgan fingerprint density at radius 2 is 1.89 bits per heavy atom. The molecule has 0 aliphatic carbocycles. The molecule has 0 bridgehead atoms. The number of esters is 1. The molecule has 0 fully saturated rings. The Hall–Kier alpha value is -0.653. The van der Waals surface area contributed by atoms with Crippen molar-refractivity contribution in [2.75, 3.05) is 14.2 Å². The highest BCUT2D eigenvalue weighted by Crippen LogP contribution is 2.25. The van der Waals surface area contributed by atoms with Crippen molar-refractivity contribution in [3.05, 3.63) is 12.7 Å². The normalized spacial score (nSPS) is 13.4. The standard InChI is InChI=1S/C13H26O4Si/c1-7-12(14)17-13(8-2)18(15-5,16-6)10-9-11(3)4/h7,11,13H,1,8-10H2,2-6H3. The van der Waals surface area contributed by atoms with E-state index >= 15 is 0 Å². The number of carbonyl (C=O) groups is 1. The Morgan fingerprint density at radius 3 is 2.22 bits per heavy atom. The third-order valence-corrected chi connectivity index (χ3v) is 6.92. The first-order valence-electron chi connectivity index (χ1n) is 6.39. The van der Waals surface area contributed by atoms with E-state index in [0.29, 0.717) is 12.3 Å². The zero-order chi connectivity index (χ0) is 14.2. The summed E-state index contributed by atoms with van der Waals surface area (Å²) in [5.74, 6) is 0.146. The minimum Gasteiger partial charge on any atom is -0.457 e. The lowest BCUT2D eigenvalue weighted by Gasteiger charge is -2.34. The summed E-state index contributed by atoms with van der Waals surface area (Å²) in [6, 6.07) is 0.820. The van der Waals surface area contributed by atoms with Crippen molar-refractivity contribution in [1.29, 1.82) is 0 Å². The van der Waals surface area contributed by atoms with Gasteiger partial charge >= 0.3 is 14.5 Å². The van der Waals surface area contributed by atoms with Crippen LogP contribution in [0.15, 0.2) is 12.7 Å². The molecular formula is C13H26O4Si. The predicted octanol–water partition coefficient (Wildman–Crippen LogP) is 2.81. The second-order valence-corrected chi connectivity index (χ2v) is 8.27. The van der Waals surface area contributed by atoms with Crippen LogP contribution in [0, 0.1) is 5.92 Å². The van der Waals surface area contributed by atoms with Crippen LogP contribution in [0.3, 0.4) is 0 Å². The quantitative estimate of drug-likeness (QED) is 0.368. The molecule has 0 aromatic heterocycles. The van der Waals surface area contributed by atoms with Gasteiger partial charge in [0.25, 0.3) is 0 Å². The van der Waals surface area contributed by atoms with Gasteiger partial charge in [0.05, 0.1) is 0 Å². The molecule has 0 aliphatic heterocycles. The molecule has 1 atom stereocenters. The maximum atomic E-state index is 11.4. The summed E-state index contributed by atoms with van der Waals surface area (Å²) in [7, 11) is 0.773. The van der Waals surface area contributed by atoms with Crippen LogP contribution in [0.25, 0.3) is 0 Å². The van der Waals surface area contributed by atoms with Gasteiger partial charge in [-0.05, 0) is 24.8 Å². The van der Waals surface area contributed by atoms with Gasteiger partial charge < -0.3 is 13.6 Å². The minimum atomic E-state index is -2.51. The predicted molar refractivity (Wildman–Crippen MR) is 74.4 cm³/mol. The molecule has 0 spiro atoms. The van der Waals surface area contributed by atoms with E-state index in [9.17, 15) is 4.79 Å². The maximum absolute atomic E-state index is 11.4. The van der Waals surface area contributed by atoms with Gasteiger partial charge in [0.15, 0.2) is 0 Å². The summed E-state index contributed by atoms with van der Waals surface area (Å²) in [5.41, 5.74) is -0.295. The van der Waals surface area contributed by atoms with E-state index in [-0.39, 0.29) is 5.73 Å². The lowest BCUT2D eigenvalue weighted by molar-refractivity contribution is -0.141. The van der Waals surface area contributed by atoms with Crippen molar-refractivity contribution in [3.63, 3.8) is 0 Å². The molecule has 0 N–H and O–H groups in total. The van der Waals surface area contributed by atoms with Gasteiger partial charge in [0, 0.05) is 20.3 Å². The number of ether oxygens (including phenoxy) is 1. The molecular weight excluding hydrogens is 248 g/mol. The number of carbonyl (C=O) groups excluding carboxylic acids is 1. The van der Waals surface area contributed by atoms with E-state index in [1.807, 2.05) is 6.92 Å². The Labute approximate surface area is 112 Å². The van der Waals surface area contributed by atoms with E-state index in [1.165, 1.54) is 6.08 Å². The van der Waals surface area contributed by atoms with Crippen molar-refractivity contribution in [1.82, 2.24) is 0 Å². The highest BCUT2D eigenvalue weighted by Gasteiger charge is 2.46. The fourth-order valence-electron chi connectivity index (χ4n) is 1.87. The molecule has 18 heavy (non-hydrogen) atoms. The van der Waals surface area contributed by atoms with Crippen LogP contribution < -0.4 is 0 Å². The van der Waals surface area contributed by atoms with Crippen molar-refractivity contribution in [2.45, 2.75) is 45.4 Å². The number of rotatable bonds is 9. The molecule has 1 unspecified atom stereocenters. The monoisotopic (exact) mass is 274 g/mol. The van der Waals surface area contributed by atoms with E-state index in [1.54, 1.807) is 14.2 Å². The summed E-state index contributed by atoms with van der Waals surface area (Å²) in [6.45, 7) is 9.69. The minimum absolute atomic E-state index is 0.295. The van der Waals surface area contributed by atoms with Crippen LogP contribution >= 0.6 is 0 Å². The second kappa shape index (κ2) is 8.45. The highest BCUT2D eigenvalue weighted by molar-refractivity contribution is 6.68. The van der Waals surface area contributed by atoms with Gasteiger partial charge in [-0.1, -0.05) is 27.4 Å². The van der Waals surface area contributed by atoms with Crippen LogP contribution in [0.1, 0.15) is 33.6 Å². The summed E-state index contributed by atoms with van der Waals surface area (Å²) < 4.78 is 16.7. The molecule has 0 saturated carbocycles. The molecule has 0 aromatic carbocycles. The van der Waals surface area contributed by atoms with Gasteiger partial charge in [-0.15, -0.1) is 0 Å². The van der Waals surface area contributed by atoms with Crippen LogP contribution in [0.4, 0.5) is 0 Å². The first-order chi connectivity index (χ1) is 8.45. The van der Waals surface area contributed by atoms with Crippen molar-refractivity contribution in [2.24, 2.45) is 5.92 Å². The Balaban J connectivity index is 4.88. The summed E-state index contributed by atoms with van der Waals surface area (Å²) >= 11 is 0. The van der Waals surface area contributed by atoms with Gasteiger partial charge in [-0.3, -0.25) is 0 Å². The van der Waals surface area contributed by atoms with Gasteiger partial charge in [-0.2, -0.15) is 0 Å². The van der Waals surface area contributed by atoms with E-state index in [4.69, 9.17) is 13.6 Å². The molecule has 5 heteroatoms. The lowest BCUT2D eigenvalue weighted by atomic mass is 10.2. The van der Waals surface area contributed by atoms with E-state index in [0.717, 1.165) is 12.5 Å². The number of hydrogen-bond acceptors (Lipinski definition) is 4. The average Bonchev–Trinajstić information content (AvgIpc) is 2.38. The molecule has 4 nitrogen and oxygen atoms in total. The topological polar surface area (TPSA) is 44.8 Å². The smallest absolute Gasteiger partial charge is 0.379 e. The van der Waals surface area contributed by atoms with Gasteiger partial charge in [-0.25, -0.2) is 4.79 Å². The molecule has 0 saturated heterocycles. The fourth-order valence-corrected chi connectivity index (χ4v) is 5.19. The summed E-state index contributed by atoms with van der Waals surface area (Å²) in [5, 5.41) is 0. The zero-order valence-corrected chi connectivity index (χ0v) is 13.2. The van der Waals surface area contributed by atoms with Crippen molar-refractivity contribution < 1.29 is 18.4 Å². The number of hydrogen-bond donors (Lipinski definition) is 0. The van der Waals surface area contributed by atoms with Crippen LogP contribution in [0.5, 0.6) is 0 Å². The molecule has 0 radical (unpaired) electrons. The third kappa shape index (κ3) is 4.92. The zero-order valence-electron chi connectivity index (χ0n) is 12.2. The molecule has 0 heterocycles. The van der Waals surface area contributed by atoms with E-state index < -0.39 is 14.5 Å². The van der Waals surface area contributed by atoms with Crippen LogP contribution in [-0.2, 0) is 18.4 Å². The van der Waals surface area contributed by atoms with Gasteiger partial charge in [0.1, 0.15) is 5.73 Å². The first kappa shape index (κ1) is 17.3. The Morgan fingerprint density at radius 1 is 1.33 bits per heavy atom. The summed E-state index contributed by atoms with van der Waals surface area (Å²) in [6.07, 6.45) is 2.86. The second-order valence-electron chi connectivity index (χ2n) is 4.69. The Kier molecular flexibility index (Phi) is 8.14. The lowest BCUT2D eigenvalue weighted by Crippen LogP contribution is -2.53. The first-order valence-corrected chi connectivity index (χ1v) is 8.49. The SMILES string of the molecule is C=CC(=O)OC(CC)[Si](CCC(C)C)(OC)OC. The average molecular weight is 274 g/mol. The van der Waals surface area contributed by atoms with Crippen LogP contribution in [-0.4, -0.2) is 34.5 Å². The molecule has 0 aromatic rings. The maximum Gasteiger partial charge on any atom is 0.379 e. The van der Waals surface area contributed by atoms with Gasteiger partial charge in [0.2, 0.25) is 0 Å². The summed E-state index contributed by atoms with van der Waals surface area (Å²) in [4.78, 5) is 11.4. The molecule has 106 valence electrons. The molecule has 0 rings (SSSR count). The van der Waals surface area contributed by atoms with Crippen LogP contribution in [0.2, 0.25) is 6.04 Å². The van der Waals surface area contributed by atoms with Crippen molar-refractivity contribution in [3.8, 4) is 0 Å². The largest absolute Gasteiger partial charge is 0.457 e. The Bertz CT molecular complexity index is 262. The highest BCUT2D eigenvalue weighted by atomic mass is 28.4. The molecule has 0 amide bonds. The van der Waals surface area contributed by atoms with E-state index in [2.05, 4.69) is 20.4 Å². The molecule has 0 aliphatic rings. The third-order valence-electron chi connectivity index (χ3n) is 3.05. The van der Waals surface area contributed by atoms with Crippen molar-refractivity contribution >= 4 is 14.5 Å². The fraction of sp³-hybridized carbons (Fsp3) is 0.769.